The highest BCUT2D eigenvalue weighted by Crippen LogP contribution is 2.32. The fourth-order valence-electron chi connectivity index (χ4n) is 3.51. The van der Waals surface area contributed by atoms with E-state index in [4.69, 9.17) is 4.74 Å². The van der Waals surface area contributed by atoms with Gasteiger partial charge in [-0.3, -0.25) is 4.79 Å². The number of carbonyl (C=O) groups is 1. The molecular weight excluding hydrogens is 421 g/mol. The van der Waals surface area contributed by atoms with Crippen molar-refractivity contribution in [3.8, 4) is 0 Å². The van der Waals surface area contributed by atoms with Gasteiger partial charge in [0.15, 0.2) is 5.96 Å². The molecule has 1 heterocycles. The molecule has 0 aromatic heterocycles. The average molecular weight is 448 g/mol. The Hall–Kier alpha value is -3.07. The van der Waals surface area contributed by atoms with Crippen LogP contribution in [0.25, 0.3) is 0 Å². The van der Waals surface area contributed by atoms with Crippen molar-refractivity contribution in [1.29, 1.82) is 0 Å². The van der Waals surface area contributed by atoms with E-state index in [0.29, 0.717) is 49.9 Å². The van der Waals surface area contributed by atoms with Crippen LogP contribution in [-0.2, 0) is 17.5 Å². The Morgan fingerprint density at radius 2 is 2.00 bits per heavy atom. The van der Waals surface area contributed by atoms with Crippen molar-refractivity contribution in [2.45, 2.75) is 25.7 Å². The molecule has 1 aliphatic rings. The fraction of sp³-hybridized carbons (Fsp3) is 0.391. The minimum absolute atomic E-state index is 0.167. The number of carbonyl (C=O) groups excluding carboxylic acids is 1. The van der Waals surface area contributed by atoms with E-state index in [2.05, 4.69) is 15.6 Å². The Balaban J connectivity index is 1.76. The number of nitrogens with zero attached hydrogens (tertiary/aromatic N) is 2. The van der Waals surface area contributed by atoms with Crippen molar-refractivity contribution in [3.05, 3.63) is 70.8 Å². The lowest BCUT2D eigenvalue weighted by Gasteiger charge is -2.35. The molecule has 2 aromatic rings. The van der Waals surface area contributed by atoms with Crippen molar-refractivity contribution in [2.24, 2.45) is 4.99 Å². The van der Waals surface area contributed by atoms with Crippen molar-refractivity contribution < 1.29 is 22.7 Å². The van der Waals surface area contributed by atoms with Crippen LogP contribution in [0.1, 0.15) is 40.1 Å². The van der Waals surface area contributed by atoms with E-state index >= 15 is 0 Å². The van der Waals surface area contributed by atoms with Crippen molar-refractivity contribution >= 4 is 11.9 Å². The van der Waals surface area contributed by atoms with Crippen LogP contribution in [0.15, 0.2) is 53.5 Å². The lowest BCUT2D eigenvalue weighted by atomic mass is 10.0. The van der Waals surface area contributed by atoms with Gasteiger partial charge in [0, 0.05) is 25.7 Å². The first-order valence-corrected chi connectivity index (χ1v) is 10.4. The molecule has 2 N–H and O–H groups in total. The Kier molecular flexibility index (Phi) is 7.74. The number of alkyl halides is 3. The van der Waals surface area contributed by atoms with Gasteiger partial charge in [0.25, 0.3) is 5.91 Å². The van der Waals surface area contributed by atoms with Crippen LogP contribution in [0.4, 0.5) is 13.2 Å². The van der Waals surface area contributed by atoms with Gasteiger partial charge >= 0.3 is 6.18 Å². The van der Waals surface area contributed by atoms with E-state index in [-0.39, 0.29) is 5.91 Å². The second kappa shape index (κ2) is 10.5. The van der Waals surface area contributed by atoms with Gasteiger partial charge in [0.2, 0.25) is 0 Å². The summed E-state index contributed by atoms with van der Waals surface area (Å²) in [6.07, 6.45) is -4.89. The molecule has 6 nitrogen and oxygen atoms in total. The second-order valence-electron chi connectivity index (χ2n) is 7.38. The molecule has 0 bridgehead atoms. The molecule has 1 atom stereocenters. The van der Waals surface area contributed by atoms with Crippen LogP contribution in [-0.4, -0.2) is 50.1 Å². The molecule has 0 saturated carbocycles. The summed E-state index contributed by atoms with van der Waals surface area (Å²) in [7, 11) is 1.58. The molecule has 3 rings (SSSR count). The highest BCUT2D eigenvalue weighted by atomic mass is 19.4. The Bertz CT molecular complexity index is 962. The molecule has 1 aliphatic heterocycles. The largest absolute Gasteiger partial charge is 0.416 e. The van der Waals surface area contributed by atoms with Crippen molar-refractivity contribution in [2.75, 3.05) is 33.3 Å². The number of hydrogen-bond acceptors (Lipinski definition) is 3. The molecule has 0 spiro atoms. The predicted molar refractivity (Wildman–Crippen MR) is 116 cm³/mol. The molecule has 32 heavy (non-hydrogen) atoms. The normalized spacial score (nSPS) is 17.2. The number of guanidine groups is 1. The Labute approximate surface area is 185 Å². The zero-order valence-corrected chi connectivity index (χ0v) is 18.1. The third-order valence-electron chi connectivity index (χ3n) is 5.11. The van der Waals surface area contributed by atoms with Gasteiger partial charge in [-0.2, -0.15) is 13.2 Å². The Morgan fingerprint density at radius 3 is 2.72 bits per heavy atom. The first kappa shape index (κ1) is 23.6. The van der Waals surface area contributed by atoms with Gasteiger partial charge in [0.1, 0.15) is 6.10 Å². The smallest absolute Gasteiger partial charge is 0.370 e. The Morgan fingerprint density at radius 1 is 1.22 bits per heavy atom. The number of halogens is 3. The van der Waals surface area contributed by atoms with Crippen LogP contribution < -0.4 is 10.6 Å². The monoisotopic (exact) mass is 448 g/mol. The number of hydrogen-bond donors (Lipinski definition) is 2. The summed E-state index contributed by atoms with van der Waals surface area (Å²) >= 11 is 0. The summed E-state index contributed by atoms with van der Waals surface area (Å²) in [5.74, 6) is 0.484. The van der Waals surface area contributed by atoms with Gasteiger partial charge < -0.3 is 20.3 Å². The summed E-state index contributed by atoms with van der Waals surface area (Å²) < 4.78 is 45.1. The molecule has 1 saturated heterocycles. The first-order chi connectivity index (χ1) is 15.3. The summed E-state index contributed by atoms with van der Waals surface area (Å²) in [6.45, 7) is 4.27. The molecule has 2 aromatic carbocycles. The van der Waals surface area contributed by atoms with Gasteiger partial charge in [-0.25, -0.2) is 4.99 Å². The van der Waals surface area contributed by atoms with Crippen molar-refractivity contribution in [1.82, 2.24) is 15.5 Å². The van der Waals surface area contributed by atoms with E-state index in [1.807, 2.05) is 17.9 Å². The van der Waals surface area contributed by atoms with Crippen molar-refractivity contribution in [3.63, 3.8) is 0 Å². The molecule has 172 valence electrons. The highest BCUT2D eigenvalue weighted by Gasteiger charge is 2.32. The maximum atomic E-state index is 13.1. The predicted octanol–water partition coefficient (Wildman–Crippen LogP) is 3.60. The van der Waals surface area contributed by atoms with E-state index in [0.717, 1.165) is 17.7 Å². The number of aliphatic imine (C=N–C) groups is 1. The molecule has 1 unspecified atom stereocenters. The second-order valence-corrected chi connectivity index (χ2v) is 7.38. The van der Waals surface area contributed by atoms with Gasteiger partial charge in [-0.05, 0) is 42.3 Å². The van der Waals surface area contributed by atoms with Gasteiger partial charge in [-0.15, -0.1) is 0 Å². The summed E-state index contributed by atoms with van der Waals surface area (Å²) in [5.41, 5.74) is 1.23. The lowest BCUT2D eigenvalue weighted by molar-refractivity contribution is -0.137. The number of nitrogens with one attached hydrogen (secondary N) is 2. The zero-order valence-electron chi connectivity index (χ0n) is 18.1. The number of morpholine rings is 1. The maximum absolute atomic E-state index is 13.1. The van der Waals surface area contributed by atoms with Crippen LogP contribution in [0.5, 0.6) is 0 Å². The summed E-state index contributed by atoms with van der Waals surface area (Å²) in [6, 6.07) is 12.5. The number of ether oxygens (including phenoxy) is 1. The number of rotatable bonds is 5. The summed E-state index contributed by atoms with van der Waals surface area (Å²) in [5, 5.41) is 5.84. The minimum atomic E-state index is -4.40. The van der Waals surface area contributed by atoms with Gasteiger partial charge in [-0.1, -0.05) is 24.3 Å². The van der Waals surface area contributed by atoms with Crippen LogP contribution >= 0.6 is 0 Å². The van der Waals surface area contributed by atoms with Crippen LogP contribution in [0.3, 0.4) is 0 Å². The lowest BCUT2D eigenvalue weighted by Crippen LogP contribution is -2.48. The quantitative estimate of drug-likeness (QED) is 0.542. The fourth-order valence-corrected chi connectivity index (χ4v) is 3.51. The molecule has 1 fully saturated rings. The maximum Gasteiger partial charge on any atom is 0.416 e. The van der Waals surface area contributed by atoms with Gasteiger partial charge in [0.05, 0.1) is 25.3 Å². The SMILES string of the molecule is CCNC(=NCc1cccc(C(=O)NC)c1)N1CCOC(c2cccc(C(F)(F)F)c2)C1. The minimum Gasteiger partial charge on any atom is -0.370 e. The third kappa shape index (κ3) is 6.00. The topological polar surface area (TPSA) is 66.0 Å². The highest BCUT2D eigenvalue weighted by molar-refractivity contribution is 5.94. The number of amides is 1. The molecule has 0 radical (unpaired) electrons. The molecule has 9 heteroatoms. The zero-order chi connectivity index (χ0) is 23.1. The van der Waals surface area contributed by atoms with E-state index in [1.54, 1.807) is 31.3 Å². The van der Waals surface area contributed by atoms with Crippen LogP contribution in [0.2, 0.25) is 0 Å². The third-order valence-corrected chi connectivity index (χ3v) is 5.11. The first-order valence-electron chi connectivity index (χ1n) is 10.4. The average Bonchev–Trinajstić information content (AvgIpc) is 2.81. The molecule has 1 amide bonds. The summed E-state index contributed by atoms with van der Waals surface area (Å²) in [4.78, 5) is 18.5. The van der Waals surface area contributed by atoms with E-state index < -0.39 is 17.8 Å². The van der Waals surface area contributed by atoms with E-state index in [1.165, 1.54) is 6.07 Å². The van der Waals surface area contributed by atoms with E-state index in [9.17, 15) is 18.0 Å². The standard InChI is InChI=1S/C23H27F3N4O2/c1-3-28-22(29-14-16-6-4-8-18(12-16)21(31)27-2)30-10-11-32-20(15-30)17-7-5-9-19(13-17)23(24,25)26/h4-9,12-13,20H,3,10-11,14-15H2,1-2H3,(H,27,31)(H,28,29). The van der Waals surface area contributed by atoms with Crippen LogP contribution in [0, 0.1) is 0 Å². The number of benzene rings is 2. The molecular formula is C23H27F3N4O2. The molecule has 0 aliphatic carbocycles.